The minimum absolute atomic E-state index is 0.112. The molecule has 0 atom stereocenters. The van der Waals surface area contributed by atoms with Crippen molar-refractivity contribution >= 4 is 16.2 Å². The van der Waals surface area contributed by atoms with Gasteiger partial charge in [0.2, 0.25) is 0 Å². The van der Waals surface area contributed by atoms with Crippen LogP contribution in [0.2, 0.25) is 0 Å². The number of nitrogens with one attached hydrogen (secondary N) is 1. The molecule has 0 saturated carbocycles. The summed E-state index contributed by atoms with van der Waals surface area (Å²) >= 11 is 0. The maximum absolute atomic E-state index is 12.2. The number of sulfonamides is 1. The number of ether oxygens (including phenoxy) is 2. The lowest BCUT2D eigenvalue weighted by atomic mass is 10.2. The van der Waals surface area contributed by atoms with Gasteiger partial charge in [-0.3, -0.25) is 0 Å². The molecule has 0 spiro atoms. The average molecular weight is 348 g/mol. The van der Waals surface area contributed by atoms with Crippen LogP contribution < -0.4 is 14.3 Å². The third-order valence-corrected chi connectivity index (χ3v) is 4.28. The van der Waals surface area contributed by atoms with Crippen molar-refractivity contribution in [2.24, 2.45) is 5.10 Å². The summed E-state index contributed by atoms with van der Waals surface area (Å²) in [6, 6.07) is 13.4. The lowest BCUT2D eigenvalue weighted by Crippen LogP contribution is -2.18. The van der Waals surface area contributed by atoms with E-state index in [-0.39, 0.29) is 4.90 Å². The summed E-state index contributed by atoms with van der Waals surface area (Å²) in [6.07, 6.45) is 1.41. The summed E-state index contributed by atoms with van der Waals surface area (Å²) in [7, 11) is -3.73. The molecule has 0 aromatic heterocycles. The Labute approximate surface area is 142 Å². The number of hydrogen-bond acceptors (Lipinski definition) is 5. The summed E-state index contributed by atoms with van der Waals surface area (Å²) in [5.74, 6) is 1.26. The van der Waals surface area contributed by atoms with Gasteiger partial charge in [0.05, 0.1) is 24.3 Å². The van der Waals surface area contributed by atoms with E-state index in [2.05, 4.69) is 9.93 Å². The number of para-hydroxylation sites is 1. The molecule has 0 aliphatic carbocycles. The molecule has 0 aliphatic heterocycles. The van der Waals surface area contributed by atoms with Crippen LogP contribution in [0.4, 0.5) is 0 Å². The molecule has 0 heterocycles. The molecule has 2 rings (SSSR count). The molecule has 2 aromatic carbocycles. The first-order valence-electron chi connectivity index (χ1n) is 7.56. The molecule has 128 valence electrons. The first-order chi connectivity index (χ1) is 11.6. The van der Waals surface area contributed by atoms with E-state index < -0.39 is 10.0 Å². The first-order valence-corrected chi connectivity index (χ1v) is 9.04. The third-order valence-electron chi connectivity index (χ3n) is 3.04. The smallest absolute Gasteiger partial charge is 0.276 e. The molecular weight excluding hydrogens is 328 g/mol. The molecule has 7 heteroatoms. The molecule has 6 nitrogen and oxygen atoms in total. The number of rotatable bonds is 8. The van der Waals surface area contributed by atoms with Gasteiger partial charge in [-0.1, -0.05) is 12.1 Å². The van der Waals surface area contributed by atoms with Gasteiger partial charge >= 0.3 is 0 Å². The Morgan fingerprint density at radius 2 is 1.67 bits per heavy atom. The Bertz CT molecular complexity index is 786. The molecule has 2 aromatic rings. The lowest BCUT2D eigenvalue weighted by molar-refractivity contribution is 0.339. The highest BCUT2D eigenvalue weighted by Gasteiger charge is 2.12. The Kier molecular flexibility index (Phi) is 6.20. The Morgan fingerprint density at radius 3 is 2.33 bits per heavy atom. The van der Waals surface area contributed by atoms with E-state index in [9.17, 15) is 8.42 Å². The fourth-order valence-electron chi connectivity index (χ4n) is 1.97. The van der Waals surface area contributed by atoms with Crippen molar-refractivity contribution in [3.8, 4) is 11.5 Å². The molecule has 0 amide bonds. The summed E-state index contributed by atoms with van der Waals surface area (Å²) in [5, 5.41) is 3.82. The predicted octanol–water partition coefficient (Wildman–Crippen LogP) is 2.80. The zero-order chi connectivity index (χ0) is 17.4. The van der Waals surface area contributed by atoms with Crippen LogP contribution >= 0.6 is 0 Å². The zero-order valence-corrected chi connectivity index (χ0v) is 14.4. The number of hydrogen-bond donors (Lipinski definition) is 1. The Hall–Kier alpha value is -2.54. The van der Waals surface area contributed by atoms with E-state index in [0.29, 0.717) is 30.3 Å². The SMILES string of the molecule is CCOc1ccc(S(=O)(=O)N/N=C\c2ccccc2OCC)cc1. The van der Waals surface area contributed by atoms with Crippen LogP contribution in [0.15, 0.2) is 58.5 Å². The topological polar surface area (TPSA) is 77.0 Å². The second-order valence-corrected chi connectivity index (χ2v) is 6.39. The Balaban J connectivity index is 2.09. The van der Waals surface area contributed by atoms with Crippen LogP contribution in [-0.2, 0) is 10.0 Å². The second-order valence-electron chi connectivity index (χ2n) is 4.73. The van der Waals surface area contributed by atoms with Crippen LogP contribution in [0, 0.1) is 0 Å². The van der Waals surface area contributed by atoms with Crippen molar-refractivity contribution in [2.45, 2.75) is 18.7 Å². The predicted molar refractivity (Wildman–Crippen MR) is 93.1 cm³/mol. The van der Waals surface area contributed by atoms with Gasteiger partial charge in [0, 0.05) is 5.56 Å². The minimum Gasteiger partial charge on any atom is -0.494 e. The molecule has 0 aliphatic rings. The van der Waals surface area contributed by atoms with Crippen molar-refractivity contribution < 1.29 is 17.9 Å². The fourth-order valence-corrected chi connectivity index (χ4v) is 2.77. The number of nitrogens with zero attached hydrogens (tertiary/aromatic N) is 1. The van der Waals surface area contributed by atoms with Gasteiger partial charge in [0.1, 0.15) is 11.5 Å². The van der Waals surface area contributed by atoms with Crippen LogP contribution in [0.1, 0.15) is 19.4 Å². The van der Waals surface area contributed by atoms with E-state index in [1.165, 1.54) is 18.3 Å². The van der Waals surface area contributed by atoms with Crippen molar-refractivity contribution in [1.82, 2.24) is 4.83 Å². The average Bonchev–Trinajstić information content (AvgIpc) is 2.57. The molecular formula is C17H20N2O4S. The van der Waals surface area contributed by atoms with Crippen molar-refractivity contribution in [2.75, 3.05) is 13.2 Å². The van der Waals surface area contributed by atoms with Gasteiger partial charge in [0.15, 0.2) is 0 Å². The molecule has 0 fully saturated rings. The van der Waals surface area contributed by atoms with Crippen molar-refractivity contribution in [3.05, 3.63) is 54.1 Å². The zero-order valence-electron chi connectivity index (χ0n) is 13.6. The first kappa shape index (κ1) is 17.8. The maximum Gasteiger partial charge on any atom is 0.276 e. The number of benzene rings is 2. The van der Waals surface area contributed by atoms with Gasteiger partial charge in [-0.2, -0.15) is 13.5 Å². The fraction of sp³-hybridized carbons (Fsp3) is 0.235. The van der Waals surface area contributed by atoms with Crippen LogP contribution in [0.3, 0.4) is 0 Å². The molecule has 0 saturated heterocycles. The van der Waals surface area contributed by atoms with E-state index in [1.54, 1.807) is 24.3 Å². The summed E-state index contributed by atoms with van der Waals surface area (Å²) in [5.41, 5.74) is 0.689. The van der Waals surface area contributed by atoms with Gasteiger partial charge in [-0.05, 0) is 50.2 Å². The second kappa shape index (κ2) is 8.35. The normalized spacial score (nSPS) is 11.4. The molecule has 0 radical (unpaired) electrons. The van der Waals surface area contributed by atoms with Gasteiger partial charge in [0.25, 0.3) is 10.0 Å². The van der Waals surface area contributed by atoms with Crippen LogP contribution in [0.25, 0.3) is 0 Å². The number of hydrazone groups is 1. The highest BCUT2D eigenvalue weighted by Crippen LogP contribution is 2.17. The highest BCUT2D eigenvalue weighted by molar-refractivity contribution is 7.89. The molecule has 1 N–H and O–H groups in total. The van der Waals surface area contributed by atoms with Crippen LogP contribution in [0.5, 0.6) is 11.5 Å². The summed E-state index contributed by atoms with van der Waals surface area (Å²) in [6.45, 7) is 4.78. The van der Waals surface area contributed by atoms with E-state index in [4.69, 9.17) is 9.47 Å². The molecule has 24 heavy (non-hydrogen) atoms. The lowest BCUT2D eigenvalue weighted by Gasteiger charge is -2.07. The van der Waals surface area contributed by atoms with Gasteiger partial charge < -0.3 is 9.47 Å². The van der Waals surface area contributed by atoms with E-state index in [0.717, 1.165) is 0 Å². The summed E-state index contributed by atoms with van der Waals surface area (Å²) < 4.78 is 35.2. The standard InChI is InChI=1S/C17H20N2O4S/c1-3-22-15-9-11-16(12-10-15)24(20,21)19-18-13-14-7-5-6-8-17(14)23-4-2/h5-13,19H,3-4H2,1-2H3/b18-13-. The summed E-state index contributed by atoms with van der Waals surface area (Å²) in [4.78, 5) is 2.30. The minimum atomic E-state index is -3.73. The third kappa shape index (κ3) is 4.73. The maximum atomic E-state index is 12.2. The van der Waals surface area contributed by atoms with Gasteiger partial charge in [-0.15, -0.1) is 0 Å². The van der Waals surface area contributed by atoms with E-state index in [1.807, 2.05) is 26.0 Å². The van der Waals surface area contributed by atoms with Gasteiger partial charge in [-0.25, -0.2) is 4.83 Å². The Morgan fingerprint density at radius 1 is 1.00 bits per heavy atom. The highest BCUT2D eigenvalue weighted by atomic mass is 32.2. The van der Waals surface area contributed by atoms with Crippen molar-refractivity contribution in [1.29, 1.82) is 0 Å². The van der Waals surface area contributed by atoms with Crippen LogP contribution in [-0.4, -0.2) is 27.8 Å². The molecule has 0 bridgehead atoms. The largest absolute Gasteiger partial charge is 0.494 e. The van der Waals surface area contributed by atoms with E-state index >= 15 is 0 Å². The molecule has 0 unspecified atom stereocenters. The quantitative estimate of drug-likeness (QED) is 0.588. The van der Waals surface area contributed by atoms with Crippen molar-refractivity contribution in [3.63, 3.8) is 0 Å². The monoisotopic (exact) mass is 348 g/mol.